The van der Waals surface area contributed by atoms with Crippen LogP contribution in [0.5, 0.6) is 0 Å². The second kappa shape index (κ2) is 7.75. The van der Waals surface area contributed by atoms with Crippen molar-refractivity contribution in [2.75, 3.05) is 5.75 Å². The molecule has 5 rings (SSSR count). The van der Waals surface area contributed by atoms with Crippen molar-refractivity contribution in [3.05, 3.63) is 71.8 Å². The van der Waals surface area contributed by atoms with Gasteiger partial charge < -0.3 is 14.9 Å². The summed E-state index contributed by atoms with van der Waals surface area (Å²) < 4.78 is 0. The first-order valence-corrected chi connectivity index (χ1v) is 11.7. The third kappa shape index (κ3) is 3.13. The maximum Gasteiger partial charge on any atom is 0.322 e. The Morgan fingerprint density at radius 1 is 1.00 bits per heavy atom. The fourth-order valence-electron chi connectivity index (χ4n) is 5.23. The summed E-state index contributed by atoms with van der Waals surface area (Å²) in [5, 5.41) is 11.5. The van der Waals surface area contributed by atoms with E-state index in [0.717, 1.165) is 29.7 Å². The van der Waals surface area contributed by atoms with E-state index in [2.05, 4.69) is 0 Å². The topological polar surface area (TPSA) is 60.9 Å². The summed E-state index contributed by atoms with van der Waals surface area (Å²) in [7, 11) is 0. The minimum atomic E-state index is -1.46. The molecule has 0 bridgehead atoms. The Morgan fingerprint density at radius 3 is 2.40 bits per heavy atom. The number of benzene rings is 2. The van der Waals surface area contributed by atoms with Gasteiger partial charge in [-0.15, -0.1) is 11.8 Å². The standard InChI is InChI=1S/C24H26N2O3S/c27-20-13-7-8-14-24(20,29)21-19-16-30-22(18-11-5-2-6-12-18)26(19)23(28)25(21)15-17-9-3-1-4-10-17/h1-6,9-12,19,21-22,29H,7-8,13-16H2/t19-,21+,22-,24?/m0/s1. The fourth-order valence-corrected chi connectivity index (χ4v) is 6.71. The van der Waals surface area contributed by atoms with E-state index >= 15 is 0 Å². The van der Waals surface area contributed by atoms with E-state index in [4.69, 9.17) is 0 Å². The molecular weight excluding hydrogens is 396 g/mol. The molecule has 2 heterocycles. The number of hydrogen-bond donors (Lipinski definition) is 1. The van der Waals surface area contributed by atoms with Crippen LogP contribution in [-0.2, 0) is 11.3 Å². The van der Waals surface area contributed by atoms with Gasteiger partial charge in [0.25, 0.3) is 0 Å². The Balaban J connectivity index is 1.54. The molecule has 6 heteroatoms. The second-order valence-electron chi connectivity index (χ2n) is 8.47. The highest BCUT2D eigenvalue weighted by Crippen LogP contribution is 2.50. The summed E-state index contributed by atoms with van der Waals surface area (Å²) in [6.07, 6.45) is 2.45. The van der Waals surface area contributed by atoms with E-state index in [-0.39, 0.29) is 23.2 Å². The first-order chi connectivity index (χ1) is 14.6. The lowest BCUT2D eigenvalue weighted by atomic mass is 9.75. The Bertz CT molecular complexity index is 938. The van der Waals surface area contributed by atoms with Gasteiger partial charge in [-0.1, -0.05) is 60.7 Å². The zero-order chi connectivity index (χ0) is 20.7. The molecule has 2 aliphatic heterocycles. The number of nitrogens with zero attached hydrogens (tertiary/aromatic N) is 2. The molecule has 4 atom stereocenters. The van der Waals surface area contributed by atoms with Crippen LogP contribution in [0.25, 0.3) is 0 Å². The predicted molar refractivity (Wildman–Crippen MR) is 117 cm³/mol. The number of amides is 2. The van der Waals surface area contributed by atoms with Gasteiger partial charge in [0.15, 0.2) is 5.78 Å². The maximum atomic E-state index is 13.7. The van der Waals surface area contributed by atoms with Crippen LogP contribution in [0.1, 0.15) is 42.2 Å². The van der Waals surface area contributed by atoms with E-state index < -0.39 is 11.6 Å². The minimum absolute atomic E-state index is 0.0838. The van der Waals surface area contributed by atoms with Gasteiger partial charge in [0.05, 0.1) is 12.1 Å². The third-order valence-electron chi connectivity index (χ3n) is 6.67. The second-order valence-corrected chi connectivity index (χ2v) is 9.58. The summed E-state index contributed by atoms with van der Waals surface area (Å²) >= 11 is 1.72. The third-order valence-corrected chi connectivity index (χ3v) is 8.01. The van der Waals surface area contributed by atoms with Crippen molar-refractivity contribution in [3.8, 4) is 0 Å². The molecule has 2 aromatic carbocycles. The number of fused-ring (bicyclic) bond motifs is 1. The highest BCUT2D eigenvalue weighted by molar-refractivity contribution is 7.99. The maximum absolute atomic E-state index is 13.7. The summed E-state index contributed by atoms with van der Waals surface area (Å²) in [4.78, 5) is 30.3. The minimum Gasteiger partial charge on any atom is -0.380 e. The highest BCUT2D eigenvalue weighted by Gasteiger charge is 2.61. The summed E-state index contributed by atoms with van der Waals surface area (Å²) in [6.45, 7) is 0.402. The van der Waals surface area contributed by atoms with Crippen LogP contribution < -0.4 is 0 Å². The molecule has 2 aromatic rings. The molecule has 2 amide bonds. The quantitative estimate of drug-likeness (QED) is 0.810. The fraction of sp³-hybridized carbons (Fsp3) is 0.417. The Morgan fingerprint density at radius 2 is 1.70 bits per heavy atom. The lowest BCUT2D eigenvalue weighted by Gasteiger charge is -2.41. The smallest absolute Gasteiger partial charge is 0.322 e. The Labute approximate surface area is 181 Å². The number of rotatable bonds is 4. The molecule has 2 saturated heterocycles. The van der Waals surface area contributed by atoms with Gasteiger partial charge in [-0.25, -0.2) is 4.79 Å². The number of urea groups is 1. The van der Waals surface area contributed by atoms with Crippen molar-refractivity contribution >= 4 is 23.6 Å². The molecule has 0 radical (unpaired) electrons. The molecule has 5 nitrogen and oxygen atoms in total. The van der Waals surface area contributed by atoms with E-state index in [1.54, 1.807) is 16.7 Å². The van der Waals surface area contributed by atoms with Crippen molar-refractivity contribution in [2.24, 2.45) is 0 Å². The van der Waals surface area contributed by atoms with Crippen LogP contribution in [-0.4, -0.2) is 50.2 Å². The van der Waals surface area contributed by atoms with Crippen molar-refractivity contribution in [1.29, 1.82) is 0 Å². The normalized spacial score (nSPS) is 31.3. The van der Waals surface area contributed by atoms with E-state index in [1.807, 2.05) is 65.6 Å². The molecule has 30 heavy (non-hydrogen) atoms. The van der Waals surface area contributed by atoms with Gasteiger partial charge in [0.2, 0.25) is 0 Å². The van der Waals surface area contributed by atoms with Crippen molar-refractivity contribution in [3.63, 3.8) is 0 Å². The van der Waals surface area contributed by atoms with Gasteiger partial charge in [-0.2, -0.15) is 0 Å². The van der Waals surface area contributed by atoms with Crippen LogP contribution in [0.4, 0.5) is 4.79 Å². The molecule has 0 spiro atoms. The van der Waals surface area contributed by atoms with Gasteiger partial charge in [-0.3, -0.25) is 4.79 Å². The van der Waals surface area contributed by atoms with Crippen molar-refractivity contribution in [1.82, 2.24) is 9.80 Å². The predicted octanol–water partition coefficient (Wildman–Crippen LogP) is 3.98. The van der Waals surface area contributed by atoms with Gasteiger partial charge in [0, 0.05) is 18.7 Å². The molecular formula is C24H26N2O3S. The largest absolute Gasteiger partial charge is 0.380 e. The zero-order valence-corrected chi connectivity index (χ0v) is 17.6. The van der Waals surface area contributed by atoms with Crippen molar-refractivity contribution in [2.45, 2.75) is 55.3 Å². The first-order valence-electron chi connectivity index (χ1n) is 10.6. The highest BCUT2D eigenvalue weighted by atomic mass is 32.2. The van der Waals surface area contributed by atoms with Crippen LogP contribution in [0.15, 0.2) is 60.7 Å². The SMILES string of the molecule is O=C1N(Cc2ccccc2)[C@@H](C2(O)CCCCC2=O)[C@@H]2CS[C@@H](c3ccccc3)N12. The van der Waals surface area contributed by atoms with Crippen LogP contribution in [0, 0.1) is 0 Å². The average Bonchev–Trinajstić information content (AvgIpc) is 3.31. The molecule has 1 saturated carbocycles. The van der Waals surface area contributed by atoms with Crippen LogP contribution >= 0.6 is 11.8 Å². The van der Waals surface area contributed by atoms with E-state index in [9.17, 15) is 14.7 Å². The van der Waals surface area contributed by atoms with E-state index in [1.165, 1.54) is 0 Å². The molecule has 1 unspecified atom stereocenters. The lowest BCUT2D eigenvalue weighted by molar-refractivity contribution is -0.148. The Hall–Kier alpha value is -2.31. The van der Waals surface area contributed by atoms with Gasteiger partial charge in [0.1, 0.15) is 11.0 Å². The summed E-state index contributed by atoms with van der Waals surface area (Å²) in [5.74, 6) is 0.608. The van der Waals surface area contributed by atoms with E-state index in [0.29, 0.717) is 19.4 Å². The van der Waals surface area contributed by atoms with Gasteiger partial charge in [-0.05, 0) is 30.4 Å². The summed E-state index contributed by atoms with van der Waals surface area (Å²) in [6, 6.07) is 19.1. The number of Topliss-reactive ketones (excluding diaryl/α,β-unsaturated/α-hetero) is 1. The average molecular weight is 423 g/mol. The monoisotopic (exact) mass is 422 g/mol. The molecule has 1 aliphatic carbocycles. The van der Waals surface area contributed by atoms with Gasteiger partial charge >= 0.3 is 6.03 Å². The lowest BCUT2D eigenvalue weighted by Crippen LogP contribution is -2.60. The number of carbonyl (C=O) groups is 2. The van der Waals surface area contributed by atoms with Crippen LogP contribution in [0.2, 0.25) is 0 Å². The molecule has 1 N–H and O–H groups in total. The molecule has 3 aliphatic rings. The Kier molecular flexibility index (Phi) is 5.07. The number of hydrogen-bond acceptors (Lipinski definition) is 4. The number of ketones is 1. The molecule has 3 fully saturated rings. The number of thioether (sulfide) groups is 1. The molecule has 0 aromatic heterocycles. The number of carbonyl (C=O) groups excluding carboxylic acids is 2. The zero-order valence-electron chi connectivity index (χ0n) is 16.8. The van der Waals surface area contributed by atoms with Crippen molar-refractivity contribution < 1.29 is 14.7 Å². The first kappa shape index (κ1) is 19.6. The summed E-state index contributed by atoms with van der Waals surface area (Å²) in [5.41, 5.74) is 0.627. The van der Waals surface area contributed by atoms with Crippen LogP contribution in [0.3, 0.4) is 0 Å². The molecule has 156 valence electrons. The number of aliphatic hydroxyl groups is 1.